The lowest BCUT2D eigenvalue weighted by Gasteiger charge is -2.31. The Hall–Kier alpha value is -3.35. The first kappa shape index (κ1) is 21.4. The molecule has 2 aromatic carbocycles. The van der Waals surface area contributed by atoms with Crippen molar-refractivity contribution in [1.29, 1.82) is 0 Å². The van der Waals surface area contributed by atoms with E-state index >= 15 is 0 Å². The molecule has 30 heavy (non-hydrogen) atoms. The molecule has 0 aliphatic carbocycles. The molecule has 158 valence electrons. The standard InChI is InChI=1S/C23H27N3O4/c1-2-30-23(29)17-12-14-26(15-13-17)21(27)16-24-20-11-7-6-10-19(20)22(28)25-18-8-4-3-5-9-18/h3-11,17,24H,2,12-16H2,1H3,(H,25,28). The molecule has 3 rings (SSSR count). The van der Waals surface area contributed by atoms with Gasteiger partial charge in [-0.2, -0.15) is 0 Å². The zero-order chi connectivity index (χ0) is 21.3. The van der Waals surface area contributed by atoms with Crippen molar-refractivity contribution in [2.75, 3.05) is 36.9 Å². The van der Waals surface area contributed by atoms with Crippen molar-refractivity contribution >= 4 is 29.2 Å². The van der Waals surface area contributed by atoms with Gasteiger partial charge in [0.05, 0.1) is 24.6 Å². The van der Waals surface area contributed by atoms with Crippen LogP contribution < -0.4 is 10.6 Å². The second kappa shape index (κ2) is 10.4. The highest BCUT2D eigenvalue weighted by Gasteiger charge is 2.28. The Morgan fingerprint density at radius 1 is 1.00 bits per heavy atom. The summed E-state index contributed by atoms with van der Waals surface area (Å²) in [7, 11) is 0. The number of anilines is 2. The summed E-state index contributed by atoms with van der Waals surface area (Å²) in [6, 6.07) is 16.3. The molecule has 0 unspecified atom stereocenters. The predicted molar refractivity (Wildman–Crippen MR) is 115 cm³/mol. The van der Waals surface area contributed by atoms with Crippen molar-refractivity contribution in [1.82, 2.24) is 4.90 Å². The third kappa shape index (κ3) is 5.59. The van der Waals surface area contributed by atoms with Gasteiger partial charge >= 0.3 is 5.97 Å². The highest BCUT2D eigenvalue weighted by Crippen LogP contribution is 2.20. The van der Waals surface area contributed by atoms with Gasteiger partial charge in [0, 0.05) is 24.5 Å². The van der Waals surface area contributed by atoms with Crippen LogP contribution in [0.25, 0.3) is 0 Å². The first-order chi connectivity index (χ1) is 14.6. The number of carbonyl (C=O) groups excluding carboxylic acids is 3. The van der Waals surface area contributed by atoms with Crippen molar-refractivity contribution in [2.45, 2.75) is 19.8 Å². The monoisotopic (exact) mass is 409 g/mol. The number of nitrogens with one attached hydrogen (secondary N) is 2. The third-order valence-electron chi connectivity index (χ3n) is 5.10. The molecule has 1 aliphatic rings. The Kier molecular flexibility index (Phi) is 7.43. The minimum Gasteiger partial charge on any atom is -0.466 e. The molecule has 0 spiro atoms. The number of benzene rings is 2. The Labute approximate surface area is 176 Å². The molecule has 1 aliphatic heterocycles. The molecule has 1 fully saturated rings. The second-order valence-electron chi connectivity index (χ2n) is 7.13. The average Bonchev–Trinajstić information content (AvgIpc) is 2.78. The van der Waals surface area contributed by atoms with Gasteiger partial charge in [0.2, 0.25) is 5.91 Å². The molecule has 1 saturated heterocycles. The van der Waals surface area contributed by atoms with E-state index in [1.165, 1.54) is 0 Å². The largest absolute Gasteiger partial charge is 0.466 e. The summed E-state index contributed by atoms with van der Waals surface area (Å²) in [6.07, 6.45) is 1.22. The minimum absolute atomic E-state index is 0.0596. The van der Waals surface area contributed by atoms with E-state index in [0.29, 0.717) is 49.5 Å². The zero-order valence-corrected chi connectivity index (χ0v) is 17.1. The smallest absolute Gasteiger partial charge is 0.309 e. The number of hydrogen-bond acceptors (Lipinski definition) is 5. The van der Waals surface area contributed by atoms with E-state index in [2.05, 4.69) is 10.6 Å². The zero-order valence-electron chi connectivity index (χ0n) is 17.1. The molecule has 0 atom stereocenters. The van der Waals surface area contributed by atoms with Gasteiger partial charge in [0.25, 0.3) is 5.91 Å². The van der Waals surface area contributed by atoms with Gasteiger partial charge in [-0.25, -0.2) is 0 Å². The maximum absolute atomic E-state index is 12.6. The summed E-state index contributed by atoms with van der Waals surface area (Å²) in [5, 5.41) is 5.94. The van der Waals surface area contributed by atoms with Crippen molar-refractivity contribution in [3.05, 3.63) is 60.2 Å². The van der Waals surface area contributed by atoms with Crippen LogP contribution in [0.15, 0.2) is 54.6 Å². The van der Waals surface area contributed by atoms with Crippen LogP contribution in [0.1, 0.15) is 30.1 Å². The van der Waals surface area contributed by atoms with Crippen molar-refractivity contribution in [3.63, 3.8) is 0 Å². The van der Waals surface area contributed by atoms with Crippen molar-refractivity contribution in [3.8, 4) is 0 Å². The highest BCUT2D eigenvalue weighted by molar-refractivity contribution is 6.08. The van der Waals surface area contributed by atoms with Crippen molar-refractivity contribution < 1.29 is 19.1 Å². The maximum Gasteiger partial charge on any atom is 0.309 e. The molecule has 0 saturated carbocycles. The summed E-state index contributed by atoms with van der Waals surface area (Å²) in [4.78, 5) is 38.8. The van der Waals surface area contributed by atoms with Gasteiger partial charge in [0.15, 0.2) is 0 Å². The summed E-state index contributed by atoms with van der Waals surface area (Å²) >= 11 is 0. The summed E-state index contributed by atoms with van der Waals surface area (Å²) in [5.74, 6) is -0.618. The summed E-state index contributed by atoms with van der Waals surface area (Å²) in [6.45, 7) is 3.30. The highest BCUT2D eigenvalue weighted by atomic mass is 16.5. The minimum atomic E-state index is -0.244. The van der Waals surface area contributed by atoms with Crippen LogP contribution in [0.2, 0.25) is 0 Å². The van der Waals surface area contributed by atoms with Gasteiger partial charge < -0.3 is 20.3 Å². The van der Waals surface area contributed by atoms with Crippen LogP contribution in [0.4, 0.5) is 11.4 Å². The third-order valence-corrected chi connectivity index (χ3v) is 5.10. The van der Waals surface area contributed by atoms with E-state index in [9.17, 15) is 14.4 Å². The molecular weight excluding hydrogens is 382 g/mol. The van der Waals surface area contributed by atoms with Gasteiger partial charge in [-0.15, -0.1) is 0 Å². The normalized spacial score (nSPS) is 14.1. The van der Waals surface area contributed by atoms with Crippen LogP contribution >= 0.6 is 0 Å². The van der Waals surface area contributed by atoms with Crippen LogP contribution in [0, 0.1) is 5.92 Å². The van der Waals surface area contributed by atoms with Crippen LogP contribution in [-0.2, 0) is 14.3 Å². The first-order valence-corrected chi connectivity index (χ1v) is 10.2. The predicted octanol–water partition coefficient (Wildman–Crippen LogP) is 3.15. The molecule has 2 N–H and O–H groups in total. The molecule has 0 radical (unpaired) electrons. The Morgan fingerprint density at radius 2 is 1.67 bits per heavy atom. The average molecular weight is 409 g/mol. The number of esters is 1. The Bertz CT molecular complexity index is 877. The molecule has 0 aromatic heterocycles. The number of amides is 2. The SMILES string of the molecule is CCOC(=O)C1CCN(C(=O)CNc2ccccc2C(=O)Nc2ccccc2)CC1. The van der Waals surface area contributed by atoms with E-state index in [1.807, 2.05) is 36.4 Å². The molecule has 2 aromatic rings. The summed E-state index contributed by atoms with van der Waals surface area (Å²) < 4.78 is 5.07. The number of piperidine rings is 1. The summed E-state index contributed by atoms with van der Waals surface area (Å²) in [5.41, 5.74) is 1.77. The van der Waals surface area contributed by atoms with Gasteiger partial charge in [-0.3, -0.25) is 14.4 Å². The van der Waals surface area contributed by atoms with E-state index in [-0.39, 0.29) is 30.2 Å². The van der Waals surface area contributed by atoms with Crippen molar-refractivity contribution in [2.24, 2.45) is 5.92 Å². The lowest BCUT2D eigenvalue weighted by atomic mass is 9.97. The van der Waals surface area contributed by atoms with Crippen LogP contribution in [0.5, 0.6) is 0 Å². The lowest BCUT2D eigenvalue weighted by Crippen LogP contribution is -2.43. The van der Waals surface area contributed by atoms with Gasteiger partial charge in [-0.05, 0) is 44.0 Å². The first-order valence-electron chi connectivity index (χ1n) is 10.2. The number of ether oxygens (including phenoxy) is 1. The van der Waals surface area contributed by atoms with Gasteiger partial charge in [-0.1, -0.05) is 30.3 Å². The Morgan fingerprint density at radius 3 is 2.37 bits per heavy atom. The fourth-order valence-electron chi connectivity index (χ4n) is 3.46. The van der Waals surface area contributed by atoms with E-state index in [0.717, 1.165) is 0 Å². The molecule has 2 amide bonds. The van der Waals surface area contributed by atoms with Gasteiger partial charge in [0.1, 0.15) is 0 Å². The number of carbonyl (C=O) groups is 3. The van der Waals surface area contributed by atoms with E-state index < -0.39 is 0 Å². The number of para-hydroxylation sites is 2. The molecule has 7 nitrogen and oxygen atoms in total. The van der Waals surface area contributed by atoms with E-state index in [4.69, 9.17) is 4.74 Å². The molecule has 1 heterocycles. The quantitative estimate of drug-likeness (QED) is 0.686. The van der Waals surface area contributed by atoms with E-state index in [1.54, 1.807) is 30.0 Å². The number of nitrogens with zero attached hydrogens (tertiary/aromatic N) is 1. The number of rotatable bonds is 7. The molecular formula is C23H27N3O4. The number of likely N-dealkylation sites (tertiary alicyclic amines) is 1. The fraction of sp³-hybridized carbons (Fsp3) is 0.348. The van der Waals surface area contributed by atoms with Crippen LogP contribution in [-0.4, -0.2) is 48.9 Å². The van der Waals surface area contributed by atoms with Crippen LogP contribution in [0.3, 0.4) is 0 Å². The topological polar surface area (TPSA) is 87.7 Å². The molecule has 7 heteroatoms. The number of hydrogen-bond donors (Lipinski definition) is 2. The Balaban J connectivity index is 1.54. The second-order valence-corrected chi connectivity index (χ2v) is 7.13. The lowest BCUT2D eigenvalue weighted by molar-refractivity contribution is -0.151. The maximum atomic E-state index is 12.6. The molecule has 0 bridgehead atoms. The fourth-order valence-corrected chi connectivity index (χ4v) is 3.46.